The van der Waals surface area contributed by atoms with E-state index < -0.39 is 0 Å². The van der Waals surface area contributed by atoms with Crippen molar-refractivity contribution in [2.45, 2.75) is 19.8 Å². The van der Waals surface area contributed by atoms with Crippen molar-refractivity contribution in [3.63, 3.8) is 0 Å². The largest absolute Gasteiger partial charge is 0.289 e. The van der Waals surface area contributed by atoms with E-state index in [1.807, 2.05) is 6.92 Å². The number of anilines is 1. The van der Waals surface area contributed by atoms with Gasteiger partial charge in [0, 0.05) is 23.1 Å². The van der Waals surface area contributed by atoms with Crippen LogP contribution in [-0.2, 0) is 4.79 Å². The van der Waals surface area contributed by atoms with E-state index in [2.05, 4.69) is 16.1 Å². The van der Waals surface area contributed by atoms with E-state index >= 15 is 0 Å². The lowest BCUT2D eigenvalue weighted by Crippen LogP contribution is -2.26. The molecule has 3 rings (SSSR count). The summed E-state index contributed by atoms with van der Waals surface area (Å²) < 4.78 is 1.29. The van der Waals surface area contributed by atoms with E-state index in [-0.39, 0.29) is 23.0 Å². The lowest BCUT2D eigenvalue weighted by Gasteiger charge is -2.23. The fraction of sp³-hybridized carbons (Fsp3) is 0.167. The minimum atomic E-state index is -0.237. The Morgan fingerprint density at radius 3 is 2.22 bits per heavy atom. The zero-order valence-corrected chi connectivity index (χ0v) is 14.1. The Bertz CT molecular complexity index is 829. The maximum Gasteiger partial charge on any atom is 0.237 e. The predicted molar refractivity (Wildman–Crippen MR) is 91.1 cm³/mol. The number of hydrogen-bond donors (Lipinski definition) is 0. The van der Waals surface area contributed by atoms with Crippen molar-refractivity contribution in [3.05, 3.63) is 64.7 Å². The van der Waals surface area contributed by atoms with Crippen molar-refractivity contribution < 1.29 is 14.4 Å². The van der Waals surface area contributed by atoms with E-state index in [9.17, 15) is 14.4 Å². The second-order valence-electron chi connectivity index (χ2n) is 5.33. The van der Waals surface area contributed by atoms with Gasteiger partial charge in [-0.25, -0.2) is 3.93 Å². The molecule has 0 aliphatic heterocycles. The van der Waals surface area contributed by atoms with Gasteiger partial charge in [-0.15, -0.1) is 0 Å². The van der Waals surface area contributed by atoms with Crippen molar-refractivity contribution in [1.82, 2.24) is 0 Å². The van der Waals surface area contributed by atoms with E-state index in [4.69, 9.17) is 0 Å². The van der Waals surface area contributed by atoms with Gasteiger partial charge in [-0.2, -0.15) is 0 Å². The van der Waals surface area contributed by atoms with Crippen LogP contribution >= 0.6 is 16.1 Å². The first-order valence-corrected chi connectivity index (χ1v) is 8.07. The molecule has 0 saturated heterocycles. The average molecular weight is 372 g/mol. The van der Waals surface area contributed by atoms with Crippen molar-refractivity contribution in [1.29, 1.82) is 0 Å². The van der Waals surface area contributed by atoms with Crippen LogP contribution in [0.2, 0.25) is 0 Å². The maximum absolute atomic E-state index is 12.8. The van der Waals surface area contributed by atoms with Gasteiger partial charge in [0.1, 0.15) is 0 Å². The molecule has 2 aromatic carbocycles. The van der Waals surface area contributed by atoms with Gasteiger partial charge in [0.25, 0.3) is 0 Å². The van der Waals surface area contributed by atoms with Crippen LogP contribution in [-0.4, -0.2) is 17.5 Å². The van der Waals surface area contributed by atoms with Crippen LogP contribution in [0.5, 0.6) is 0 Å². The van der Waals surface area contributed by atoms with Gasteiger partial charge in [-0.1, -0.05) is 43.3 Å². The predicted octanol–water partition coefficient (Wildman–Crippen LogP) is 3.91. The summed E-state index contributed by atoms with van der Waals surface area (Å²) in [5.41, 5.74) is 1.80. The van der Waals surface area contributed by atoms with Gasteiger partial charge in [-0.05, 0) is 12.5 Å². The van der Waals surface area contributed by atoms with Crippen LogP contribution in [0.1, 0.15) is 51.6 Å². The molecule has 0 atom stereocenters. The maximum atomic E-state index is 12.8. The summed E-state index contributed by atoms with van der Waals surface area (Å²) in [7, 11) is 0. The Balaban J connectivity index is 2.16. The highest BCUT2D eigenvalue weighted by molar-refractivity contribution is 9.10. The molecule has 1 amide bonds. The molecule has 116 valence electrons. The SMILES string of the molecule is CCCC(=O)N(Br)c1cccc2c1C(=O)c1ccccc1C2=O. The number of amides is 1. The summed E-state index contributed by atoms with van der Waals surface area (Å²) in [6.45, 7) is 1.91. The van der Waals surface area contributed by atoms with Crippen molar-refractivity contribution >= 4 is 39.3 Å². The molecule has 0 N–H and O–H groups in total. The summed E-state index contributed by atoms with van der Waals surface area (Å²) in [6.07, 6.45) is 1.05. The third kappa shape index (κ3) is 2.51. The molecule has 1 aliphatic carbocycles. The van der Waals surface area contributed by atoms with Crippen molar-refractivity contribution in [2.75, 3.05) is 3.93 Å². The van der Waals surface area contributed by atoms with Crippen molar-refractivity contribution in [3.8, 4) is 0 Å². The Morgan fingerprint density at radius 1 is 0.957 bits per heavy atom. The molecule has 0 aromatic heterocycles. The first-order chi connectivity index (χ1) is 11.1. The van der Waals surface area contributed by atoms with Gasteiger partial charge in [0.2, 0.25) is 5.91 Å². The Labute approximate surface area is 142 Å². The lowest BCUT2D eigenvalue weighted by atomic mass is 9.83. The second kappa shape index (κ2) is 6.08. The molecule has 4 nitrogen and oxygen atoms in total. The number of benzene rings is 2. The fourth-order valence-corrected chi connectivity index (χ4v) is 3.21. The number of halogens is 1. The molecule has 0 spiro atoms. The highest BCUT2D eigenvalue weighted by Crippen LogP contribution is 2.35. The third-order valence-corrected chi connectivity index (χ3v) is 4.60. The first-order valence-electron chi connectivity index (χ1n) is 7.36. The molecular weight excluding hydrogens is 358 g/mol. The van der Waals surface area contributed by atoms with Crippen LogP contribution in [0.4, 0.5) is 5.69 Å². The van der Waals surface area contributed by atoms with Gasteiger partial charge in [-0.3, -0.25) is 14.4 Å². The summed E-state index contributed by atoms with van der Waals surface area (Å²) in [6, 6.07) is 11.7. The highest BCUT2D eigenvalue weighted by atomic mass is 79.9. The topological polar surface area (TPSA) is 54.5 Å². The molecule has 5 heteroatoms. The van der Waals surface area contributed by atoms with Crippen LogP contribution < -0.4 is 3.93 Å². The van der Waals surface area contributed by atoms with Crippen LogP contribution in [0.15, 0.2) is 42.5 Å². The van der Waals surface area contributed by atoms with E-state index in [1.54, 1.807) is 42.5 Å². The molecule has 23 heavy (non-hydrogen) atoms. The van der Waals surface area contributed by atoms with Crippen molar-refractivity contribution in [2.24, 2.45) is 0 Å². The Kier molecular flexibility index (Phi) is 4.13. The van der Waals surface area contributed by atoms with E-state index in [0.717, 1.165) is 0 Å². The number of fused-ring (bicyclic) bond motifs is 2. The molecule has 0 fully saturated rings. The monoisotopic (exact) mass is 371 g/mol. The summed E-state index contributed by atoms with van der Waals surface area (Å²) >= 11 is 3.24. The van der Waals surface area contributed by atoms with E-state index in [1.165, 1.54) is 3.93 Å². The number of carbonyl (C=O) groups is 3. The quantitative estimate of drug-likeness (QED) is 0.656. The Hall–Kier alpha value is -2.27. The first kappa shape index (κ1) is 15.6. The van der Waals surface area contributed by atoms with Crippen LogP contribution in [0.3, 0.4) is 0 Å². The zero-order valence-electron chi connectivity index (χ0n) is 12.5. The number of hydrogen-bond acceptors (Lipinski definition) is 3. The zero-order chi connectivity index (χ0) is 16.6. The molecular formula is C18H14BrNO3. The highest BCUT2D eigenvalue weighted by Gasteiger charge is 2.33. The van der Waals surface area contributed by atoms with Crippen LogP contribution in [0, 0.1) is 0 Å². The molecule has 0 unspecified atom stereocenters. The summed E-state index contributed by atoms with van der Waals surface area (Å²) in [5.74, 6) is -0.583. The lowest BCUT2D eigenvalue weighted by molar-refractivity contribution is -0.117. The molecule has 0 radical (unpaired) electrons. The number of carbonyl (C=O) groups excluding carboxylic acids is 3. The smallest absolute Gasteiger partial charge is 0.237 e. The minimum absolute atomic E-state index is 0.153. The van der Waals surface area contributed by atoms with Gasteiger partial charge >= 0.3 is 0 Å². The number of nitrogens with zero attached hydrogens (tertiary/aromatic N) is 1. The minimum Gasteiger partial charge on any atom is -0.289 e. The van der Waals surface area contributed by atoms with Gasteiger partial charge < -0.3 is 0 Å². The second-order valence-corrected chi connectivity index (χ2v) is 6.04. The molecule has 0 saturated carbocycles. The van der Waals surface area contributed by atoms with Crippen LogP contribution in [0.25, 0.3) is 0 Å². The summed E-state index contributed by atoms with van der Waals surface area (Å²) in [5, 5.41) is 0. The molecule has 1 aliphatic rings. The van der Waals surface area contributed by atoms with Gasteiger partial charge in [0.05, 0.1) is 27.4 Å². The standard InChI is InChI=1S/C18H14BrNO3/c1-2-6-15(21)20(19)14-10-5-9-13-16(14)18(23)12-8-4-3-7-11(12)17(13)22/h3-5,7-10H,2,6H2,1H3. The molecule has 0 bridgehead atoms. The fourth-order valence-electron chi connectivity index (χ4n) is 2.74. The third-order valence-electron chi connectivity index (χ3n) is 3.82. The Morgan fingerprint density at radius 2 is 1.57 bits per heavy atom. The number of ketones is 2. The molecule has 2 aromatic rings. The average Bonchev–Trinajstić information content (AvgIpc) is 2.58. The van der Waals surface area contributed by atoms with E-state index in [0.29, 0.717) is 35.2 Å². The molecule has 0 heterocycles. The normalized spacial score (nSPS) is 12.6. The summed E-state index contributed by atoms with van der Waals surface area (Å²) in [4.78, 5) is 37.6. The number of rotatable bonds is 3. The van der Waals surface area contributed by atoms with Gasteiger partial charge in [0.15, 0.2) is 11.6 Å².